The average molecular weight is 294 g/mol. The van der Waals surface area contributed by atoms with E-state index in [0.717, 1.165) is 17.6 Å². The van der Waals surface area contributed by atoms with Gasteiger partial charge in [-0.3, -0.25) is 4.79 Å². The lowest BCUT2D eigenvalue weighted by atomic mass is 10.1. The van der Waals surface area contributed by atoms with Gasteiger partial charge in [0.15, 0.2) is 0 Å². The van der Waals surface area contributed by atoms with Crippen LogP contribution in [0.5, 0.6) is 11.5 Å². The summed E-state index contributed by atoms with van der Waals surface area (Å²) in [5.74, 6) is -2.46. The van der Waals surface area contributed by atoms with Crippen molar-refractivity contribution in [2.45, 2.75) is 6.92 Å². The van der Waals surface area contributed by atoms with Gasteiger partial charge in [0.1, 0.15) is 22.1 Å². The van der Waals surface area contributed by atoms with Crippen molar-refractivity contribution in [2.75, 3.05) is 5.32 Å². The normalized spacial score (nSPS) is 10.2. The summed E-state index contributed by atoms with van der Waals surface area (Å²) in [4.78, 5) is 23.0. The van der Waals surface area contributed by atoms with E-state index in [2.05, 4.69) is 9.69 Å². The number of hydrogen-bond acceptors (Lipinski definition) is 6. The zero-order valence-electron chi connectivity index (χ0n) is 10.2. The highest BCUT2D eigenvalue weighted by Crippen LogP contribution is 2.27. The Labute approximate surface area is 117 Å². The predicted octanol–water partition coefficient (Wildman–Crippen LogP) is 1.81. The molecule has 0 bridgehead atoms. The largest absolute Gasteiger partial charge is 0.508 e. The van der Waals surface area contributed by atoms with Gasteiger partial charge in [0.2, 0.25) is 0 Å². The van der Waals surface area contributed by atoms with Gasteiger partial charge in [-0.15, -0.1) is 0 Å². The molecular formula is C12H10N2O5S. The number of carboxylic acids is 1. The van der Waals surface area contributed by atoms with Gasteiger partial charge in [-0.05, 0) is 30.6 Å². The Bertz CT molecular complexity index is 695. The van der Waals surface area contributed by atoms with Gasteiger partial charge in [-0.25, -0.2) is 4.79 Å². The molecule has 2 aromatic rings. The minimum Gasteiger partial charge on any atom is -0.508 e. The highest BCUT2D eigenvalue weighted by Gasteiger charge is 2.21. The Hall–Kier alpha value is -2.61. The van der Waals surface area contributed by atoms with Crippen LogP contribution in [0.15, 0.2) is 18.2 Å². The summed E-state index contributed by atoms with van der Waals surface area (Å²) in [6.07, 6.45) is 0. The maximum absolute atomic E-state index is 12.0. The van der Waals surface area contributed by atoms with Crippen molar-refractivity contribution in [3.8, 4) is 11.5 Å². The molecule has 0 radical (unpaired) electrons. The Morgan fingerprint density at radius 2 is 2.00 bits per heavy atom. The van der Waals surface area contributed by atoms with E-state index >= 15 is 0 Å². The van der Waals surface area contributed by atoms with Gasteiger partial charge < -0.3 is 20.6 Å². The van der Waals surface area contributed by atoms with Crippen LogP contribution in [0.25, 0.3) is 0 Å². The summed E-state index contributed by atoms with van der Waals surface area (Å²) >= 11 is 0.843. The number of hydrogen-bond donors (Lipinski definition) is 4. The van der Waals surface area contributed by atoms with E-state index in [1.165, 1.54) is 19.1 Å². The summed E-state index contributed by atoms with van der Waals surface area (Å²) in [5, 5.41) is 30.2. The molecule has 2 rings (SSSR count). The summed E-state index contributed by atoms with van der Waals surface area (Å²) < 4.78 is 3.86. The number of nitrogens with one attached hydrogen (secondary N) is 1. The summed E-state index contributed by atoms with van der Waals surface area (Å²) in [6.45, 7) is 1.52. The van der Waals surface area contributed by atoms with E-state index in [1.54, 1.807) is 0 Å². The Balaban J connectivity index is 2.31. The molecule has 0 atom stereocenters. The number of benzene rings is 1. The predicted molar refractivity (Wildman–Crippen MR) is 71.5 cm³/mol. The zero-order chi connectivity index (χ0) is 14.9. The highest BCUT2D eigenvalue weighted by atomic mass is 32.1. The highest BCUT2D eigenvalue weighted by molar-refractivity contribution is 7.11. The fourth-order valence-corrected chi connectivity index (χ4v) is 2.37. The first-order chi connectivity index (χ1) is 9.40. The smallest absolute Gasteiger partial charge is 0.340 e. The number of aromatic nitrogens is 1. The SMILES string of the molecule is Cc1nsc(NC(=O)c2ccc(O)cc2O)c1C(=O)O. The van der Waals surface area contributed by atoms with E-state index in [1.807, 2.05) is 0 Å². The monoisotopic (exact) mass is 294 g/mol. The van der Waals surface area contributed by atoms with Gasteiger partial charge >= 0.3 is 5.97 Å². The quantitative estimate of drug-likeness (QED) is 0.685. The van der Waals surface area contributed by atoms with Gasteiger partial charge in [0.25, 0.3) is 5.91 Å². The Kier molecular flexibility index (Phi) is 3.57. The number of carboxylic acid groups (broad SMARTS) is 1. The number of carbonyl (C=O) groups excluding carboxylic acids is 1. The zero-order valence-corrected chi connectivity index (χ0v) is 11.1. The fraction of sp³-hybridized carbons (Fsp3) is 0.0833. The van der Waals surface area contributed by atoms with Crippen molar-refractivity contribution in [1.29, 1.82) is 0 Å². The molecule has 0 aliphatic carbocycles. The molecule has 0 aliphatic rings. The third kappa shape index (κ3) is 2.54. The lowest BCUT2D eigenvalue weighted by Crippen LogP contribution is -2.13. The van der Waals surface area contributed by atoms with E-state index < -0.39 is 17.6 Å². The van der Waals surface area contributed by atoms with Crippen LogP contribution in [0, 0.1) is 6.92 Å². The first-order valence-corrected chi connectivity index (χ1v) is 6.20. The molecule has 1 aromatic carbocycles. The van der Waals surface area contributed by atoms with Crippen LogP contribution in [-0.2, 0) is 0 Å². The first kappa shape index (κ1) is 13.8. The molecule has 1 amide bonds. The van der Waals surface area contributed by atoms with E-state index in [9.17, 15) is 14.7 Å². The number of amides is 1. The van der Waals surface area contributed by atoms with Crippen molar-refractivity contribution < 1.29 is 24.9 Å². The molecule has 104 valence electrons. The number of aromatic carboxylic acids is 1. The number of anilines is 1. The van der Waals surface area contributed by atoms with Crippen LogP contribution in [0.2, 0.25) is 0 Å². The lowest BCUT2D eigenvalue weighted by molar-refractivity contribution is 0.0697. The Morgan fingerprint density at radius 3 is 2.60 bits per heavy atom. The second-order valence-electron chi connectivity index (χ2n) is 3.93. The van der Waals surface area contributed by atoms with Crippen molar-refractivity contribution in [3.63, 3.8) is 0 Å². The number of aryl methyl sites for hydroxylation is 1. The molecule has 8 heteroatoms. The topological polar surface area (TPSA) is 120 Å². The minimum atomic E-state index is -1.19. The van der Waals surface area contributed by atoms with Crippen LogP contribution in [0.1, 0.15) is 26.4 Å². The molecule has 4 N–H and O–H groups in total. The molecule has 0 spiro atoms. The number of phenols is 2. The Morgan fingerprint density at radius 1 is 1.30 bits per heavy atom. The number of aromatic hydroxyl groups is 2. The summed E-state index contributed by atoms with van der Waals surface area (Å²) in [7, 11) is 0. The molecule has 0 saturated carbocycles. The summed E-state index contributed by atoms with van der Waals surface area (Å²) in [6, 6.07) is 3.49. The van der Waals surface area contributed by atoms with Crippen LogP contribution in [0.3, 0.4) is 0 Å². The third-order valence-electron chi connectivity index (χ3n) is 2.53. The average Bonchev–Trinajstić information content (AvgIpc) is 2.70. The summed E-state index contributed by atoms with van der Waals surface area (Å²) in [5.41, 5.74) is 0.138. The van der Waals surface area contributed by atoms with E-state index in [4.69, 9.17) is 10.2 Å². The van der Waals surface area contributed by atoms with E-state index in [0.29, 0.717) is 5.69 Å². The number of phenolic OH excluding ortho intramolecular Hbond substituents is 2. The standard InChI is InChI=1S/C12H10N2O5S/c1-5-9(12(18)19)11(20-14-5)13-10(17)7-3-2-6(15)4-8(7)16/h2-4,15-16H,1H3,(H,13,17)(H,18,19). The molecule has 1 aromatic heterocycles. The number of rotatable bonds is 3. The van der Waals surface area contributed by atoms with Crippen molar-refractivity contribution in [3.05, 3.63) is 35.0 Å². The molecule has 0 aliphatic heterocycles. The van der Waals surface area contributed by atoms with Crippen molar-refractivity contribution >= 4 is 28.4 Å². The number of carbonyl (C=O) groups is 2. The van der Waals surface area contributed by atoms with E-state index in [-0.39, 0.29) is 21.9 Å². The molecule has 1 heterocycles. The second kappa shape index (κ2) is 5.17. The molecule has 0 unspecified atom stereocenters. The van der Waals surface area contributed by atoms with Crippen molar-refractivity contribution in [2.24, 2.45) is 0 Å². The molecule has 20 heavy (non-hydrogen) atoms. The van der Waals surface area contributed by atoms with Crippen LogP contribution in [-0.4, -0.2) is 31.6 Å². The van der Waals surface area contributed by atoms with Gasteiger partial charge in [0.05, 0.1) is 11.3 Å². The van der Waals surface area contributed by atoms with Gasteiger partial charge in [-0.1, -0.05) is 0 Å². The van der Waals surface area contributed by atoms with Gasteiger partial charge in [0, 0.05) is 6.07 Å². The van der Waals surface area contributed by atoms with Crippen LogP contribution >= 0.6 is 11.5 Å². The van der Waals surface area contributed by atoms with Gasteiger partial charge in [-0.2, -0.15) is 4.37 Å². The second-order valence-corrected chi connectivity index (χ2v) is 4.71. The van der Waals surface area contributed by atoms with Crippen LogP contribution < -0.4 is 5.32 Å². The maximum Gasteiger partial charge on any atom is 0.340 e. The minimum absolute atomic E-state index is 0.0785. The van der Waals surface area contributed by atoms with Crippen LogP contribution in [0.4, 0.5) is 5.00 Å². The first-order valence-electron chi connectivity index (χ1n) is 5.43. The van der Waals surface area contributed by atoms with Crippen molar-refractivity contribution in [1.82, 2.24) is 4.37 Å². The lowest BCUT2D eigenvalue weighted by Gasteiger charge is -2.06. The maximum atomic E-state index is 12.0. The molecular weight excluding hydrogens is 284 g/mol. The molecule has 0 saturated heterocycles. The fourth-order valence-electron chi connectivity index (χ4n) is 1.59. The third-order valence-corrected chi connectivity index (χ3v) is 3.38. The molecule has 0 fully saturated rings. The molecule has 7 nitrogen and oxygen atoms in total. The number of nitrogens with zero attached hydrogens (tertiary/aromatic N) is 1.